The highest BCUT2D eigenvalue weighted by molar-refractivity contribution is 5.89. The van der Waals surface area contributed by atoms with Crippen LogP contribution in [0.1, 0.15) is 45.6 Å². The van der Waals surface area contributed by atoms with Gasteiger partial charge in [0, 0.05) is 32.1 Å². The third kappa shape index (κ3) is 4.57. The van der Waals surface area contributed by atoms with Crippen LogP contribution in [-0.4, -0.2) is 40.7 Å². The number of carbonyl (C=O) groups is 2. The Kier molecular flexibility index (Phi) is 6.20. The molecule has 0 aliphatic carbocycles. The van der Waals surface area contributed by atoms with Crippen molar-refractivity contribution in [1.29, 1.82) is 0 Å². The molecule has 1 fully saturated rings. The minimum atomic E-state index is -0.189. The molecule has 0 unspecified atom stereocenters. The summed E-state index contributed by atoms with van der Waals surface area (Å²) in [6.07, 6.45) is 2.43. The predicted molar refractivity (Wildman–Crippen MR) is 91.7 cm³/mol. The van der Waals surface area contributed by atoms with Gasteiger partial charge in [0.1, 0.15) is 0 Å². The van der Waals surface area contributed by atoms with Gasteiger partial charge in [-0.3, -0.25) is 9.59 Å². The quantitative estimate of drug-likeness (QED) is 0.775. The second-order valence-corrected chi connectivity index (χ2v) is 6.64. The van der Waals surface area contributed by atoms with Crippen LogP contribution in [0, 0.1) is 5.92 Å². The molecule has 2 rings (SSSR count). The Morgan fingerprint density at radius 1 is 1.30 bits per heavy atom. The molecular weight excluding hydrogens is 288 g/mol. The molecule has 1 aliphatic heterocycles. The number of benzene rings is 1. The van der Waals surface area contributed by atoms with E-state index in [1.165, 1.54) is 0 Å². The molecule has 1 atom stereocenters. The first kappa shape index (κ1) is 17.5. The van der Waals surface area contributed by atoms with Gasteiger partial charge in [-0.1, -0.05) is 43.7 Å². The van der Waals surface area contributed by atoms with E-state index >= 15 is 0 Å². The third-order valence-electron chi connectivity index (χ3n) is 4.45. The van der Waals surface area contributed by atoms with Crippen LogP contribution < -0.4 is 0 Å². The maximum atomic E-state index is 12.9. The van der Waals surface area contributed by atoms with Crippen LogP contribution in [0.15, 0.2) is 30.3 Å². The molecule has 0 radical (unpaired) electrons. The summed E-state index contributed by atoms with van der Waals surface area (Å²) in [6, 6.07) is 10.2. The summed E-state index contributed by atoms with van der Waals surface area (Å²) in [4.78, 5) is 28.8. The average molecular weight is 316 g/mol. The normalized spacial score (nSPS) is 17.8. The van der Waals surface area contributed by atoms with Crippen molar-refractivity contribution in [2.45, 2.75) is 52.6 Å². The minimum Gasteiger partial charge on any atom is -0.342 e. The van der Waals surface area contributed by atoms with Crippen molar-refractivity contribution < 1.29 is 9.59 Å². The van der Waals surface area contributed by atoms with Gasteiger partial charge >= 0.3 is 0 Å². The lowest BCUT2D eigenvalue weighted by atomic mass is 10.1. The zero-order valence-electron chi connectivity index (χ0n) is 14.5. The Hall–Kier alpha value is -1.84. The van der Waals surface area contributed by atoms with Gasteiger partial charge in [-0.15, -0.1) is 0 Å². The van der Waals surface area contributed by atoms with E-state index in [9.17, 15) is 9.59 Å². The van der Waals surface area contributed by atoms with Gasteiger partial charge in [0.15, 0.2) is 0 Å². The molecule has 2 amide bonds. The summed E-state index contributed by atoms with van der Waals surface area (Å²) in [5.74, 6) is 0.0434. The predicted octanol–water partition coefficient (Wildman–Crippen LogP) is 3.07. The van der Waals surface area contributed by atoms with E-state index in [1.807, 2.05) is 54.0 Å². The van der Waals surface area contributed by atoms with Crippen LogP contribution in [0.3, 0.4) is 0 Å². The highest BCUT2D eigenvalue weighted by Gasteiger charge is 2.36. The lowest BCUT2D eigenvalue weighted by molar-refractivity contribution is -0.138. The molecule has 23 heavy (non-hydrogen) atoms. The fourth-order valence-electron chi connectivity index (χ4n) is 3.03. The second-order valence-electron chi connectivity index (χ2n) is 6.64. The lowest BCUT2D eigenvalue weighted by Crippen LogP contribution is -2.41. The van der Waals surface area contributed by atoms with Crippen molar-refractivity contribution in [3.63, 3.8) is 0 Å². The second kappa shape index (κ2) is 8.14. The fourth-order valence-corrected chi connectivity index (χ4v) is 3.03. The van der Waals surface area contributed by atoms with Crippen LogP contribution in [0.5, 0.6) is 0 Å². The van der Waals surface area contributed by atoms with Gasteiger partial charge in [0.25, 0.3) is 0 Å². The maximum absolute atomic E-state index is 12.9. The number of carbonyl (C=O) groups excluding carboxylic acids is 2. The van der Waals surface area contributed by atoms with Gasteiger partial charge in [-0.2, -0.15) is 0 Å². The minimum absolute atomic E-state index is 0.108. The summed E-state index contributed by atoms with van der Waals surface area (Å²) in [5.41, 5.74) is 1.13. The molecular formula is C19H28N2O2. The highest BCUT2D eigenvalue weighted by atomic mass is 16.2. The molecule has 126 valence electrons. The van der Waals surface area contributed by atoms with Gasteiger partial charge in [-0.05, 0) is 25.8 Å². The van der Waals surface area contributed by atoms with E-state index in [0.29, 0.717) is 19.5 Å². The van der Waals surface area contributed by atoms with Crippen molar-refractivity contribution >= 4 is 11.8 Å². The Balaban J connectivity index is 2.02. The highest BCUT2D eigenvalue weighted by Crippen LogP contribution is 2.22. The molecule has 0 bridgehead atoms. The van der Waals surface area contributed by atoms with E-state index in [4.69, 9.17) is 0 Å². The number of unbranched alkanes of at least 4 members (excludes halogenated alkanes) is 1. The fraction of sp³-hybridized carbons (Fsp3) is 0.579. The number of hydrogen-bond donors (Lipinski definition) is 0. The number of nitrogens with zero attached hydrogens (tertiary/aromatic N) is 2. The molecule has 0 saturated carbocycles. The Bertz CT molecular complexity index is 527. The first-order valence-electron chi connectivity index (χ1n) is 8.65. The molecule has 1 heterocycles. The molecule has 1 aromatic rings. The molecule has 1 aliphatic rings. The van der Waals surface area contributed by atoms with Crippen LogP contribution in [0.2, 0.25) is 0 Å². The molecule has 0 aromatic heterocycles. The summed E-state index contributed by atoms with van der Waals surface area (Å²) < 4.78 is 0. The van der Waals surface area contributed by atoms with E-state index in [-0.39, 0.29) is 23.8 Å². The van der Waals surface area contributed by atoms with E-state index < -0.39 is 0 Å². The third-order valence-corrected chi connectivity index (χ3v) is 4.45. The Labute approximate surface area is 139 Å². The van der Waals surface area contributed by atoms with Crippen LogP contribution in [0.4, 0.5) is 0 Å². The van der Waals surface area contributed by atoms with Gasteiger partial charge in [0.2, 0.25) is 11.8 Å². The maximum Gasteiger partial charge on any atom is 0.228 e. The number of rotatable bonds is 7. The van der Waals surface area contributed by atoms with E-state index in [0.717, 1.165) is 24.9 Å². The van der Waals surface area contributed by atoms with Crippen molar-refractivity contribution in [1.82, 2.24) is 9.80 Å². The van der Waals surface area contributed by atoms with Crippen molar-refractivity contribution in [2.75, 3.05) is 13.1 Å². The van der Waals surface area contributed by atoms with Gasteiger partial charge in [0.05, 0.1) is 5.92 Å². The SMILES string of the molecule is CCCCN1C[C@@H](C(=O)N(Cc2ccccc2)C(C)C)CC1=O. The molecule has 1 aromatic carbocycles. The largest absolute Gasteiger partial charge is 0.342 e. The van der Waals surface area contributed by atoms with Gasteiger partial charge in [-0.25, -0.2) is 0 Å². The lowest BCUT2D eigenvalue weighted by Gasteiger charge is -2.29. The topological polar surface area (TPSA) is 40.6 Å². The van der Waals surface area contributed by atoms with Crippen molar-refractivity contribution in [3.8, 4) is 0 Å². The van der Waals surface area contributed by atoms with Crippen LogP contribution >= 0.6 is 0 Å². The number of likely N-dealkylation sites (tertiary alicyclic amines) is 1. The molecule has 0 N–H and O–H groups in total. The molecule has 4 heteroatoms. The standard InChI is InChI=1S/C19H28N2O2/c1-4-5-11-20-14-17(12-18(20)22)19(23)21(15(2)3)13-16-9-7-6-8-10-16/h6-10,15,17H,4-5,11-14H2,1-3H3/t17-/m0/s1. The molecule has 1 saturated heterocycles. The number of hydrogen-bond acceptors (Lipinski definition) is 2. The molecule has 4 nitrogen and oxygen atoms in total. The van der Waals surface area contributed by atoms with E-state index in [2.05, 4.69) is 6.92 Å². The van der Waals surface area contributed by atoms with Gasteiger partial charge < -0.3 is 9.80 Å². The average Bonchev–Trinajstić information content (AvgIpc) is 2.91. The van der Waals surface area contributed by atoms with Crippen LogP contribution in [0.25, 0.3) is 0 Å². The summed E-state index contributed by atoms with van der Waals surface area (Å²) in [6.45, 7) is 8.15. The molecule has 0 spiro atoms. The zero-order valence-corrected chi connectivity index (χ0v) is 14.5. The van der Waals surface area contributed by atoms with Crippen LogP contribution in [-0.2, 0) is 16.1 Å². The zero-order chi connectivity index (χ0) is 16.8. The monoisotopic (exact) mass is 316 g/mol. The van der Waals surface area contributed by atoms with Crippen molar-refractivity contribution in [3.05, 3.63) is 35.9 Å². The van der Waals surface area contributed by atoms with E-state index in [1.54, 1.807) is 0 Å². The van der Waals surface area contributed by atoms with Crippen molar-refractivity contribution in [2.24, 2.45) is 5.92 Å². The number of amides is 2. The Morgan fingerprint density at radius 2 is 2.00 bits per heavy atom. The smallest absolute Gasteiger partial charge is 0.228 e. The summed E-state index contributed by atoms with van der Waals surface area (Å²) in [7, 11) is 0. The first-order valence-corrected chi connectivity index (χ1v) is 8.65. The summed E-state index contributed by atoms with van der Waals surface area (Å²) in [5, 5.41) is 0. The first-order chi connectivity index (χ1) is 11.0. The summed E-state index contributed by atoms with van der Waals surface area (Å²) >= 11 is 0. The Morgan fingerprint density at radius 3 is 2.61 bits per heavy atom.